The monoisotopic (exact) mass is 296 g/mol. The summed E-state index contributed by atoms with van der Waals surface area (Å²) in [5.41, 5.74) is 0.929. The van der Waals surface area contributed by atoms with E-state index >= 15 is 0 Å². The quantitative estimate of drug-likeness (QED) is 0.801. The summed E-state index contributed by atoms with van der Waals surface area (Å²) in [5.74, 6) is 1.25. The van der Waals surface area contributed by atoms with Gasteiger partial charge in [0, 0.05) is 13.1 Å². The molecule has 0 amide bonds. The summed E-state index contributed by atoms with van der Waals surface area (Å²) in [6.45, 7) is 6.41. The van der Waals surface area contributed by atoms with Gasteiger partial charge >= 0.3 is 0 Å². The summed E-state index contributed by atoms with van der Waals surface area (Å²) in [4.78, 5) is 2.25. The molecule has 0 N–H and O–H groups in total. The number of likely N-dealkylation sites (tertiary alicyclic amines) is 1. The molecule has 4 heteroatoms. The van der Waals surface area contributed by atoms with Crippen molar-refractivity contribution in [3.8, 4) is 6.07 Å². The average molecular weight is 297 g/mol. The number of halogens is 2. The molecule has 0 saturated carbocycles. The Morgan fingerprint density at radius 3 is 2.37 bits per heavy atom. The van der Waals surface area contributed by atoms with E-state index in [1.165, 1.54) is 6.42 Å². The summed E-state index contributed by atoms with van der Waals surface area (Å²) in [6, 6.07) is 7.63. The normalized spacial score (nSPS) is 25.8. The molecular weight excluding hydrogens is 279 g/mol. The van der Waals surface area contributed by atoms with Crippen LogP contribution in [0.15, 0.2) is 18.2 Å². The van der Waals surface area contributed by atoms with Crippen LogP contribution in [-0.4, -0.2) is 18.0 Å². The number of benzene rings is 1. The lowest BCUT2D eigenvalue weighted by Crippen LogP contribution is -2.40. The molecule has 1 aliphatic rings. The van der Waals surface area contributed by atoms with Crippen LogP contribution < -0.4 is 0 Å². The summed E-state index contributed by atoms with van der Waals surface area (Å²) < 4.78 is 0. The van der Waals surface area contributed by atoms with Gasteiger partial charge in [-0.25, -0.2) is 0 Å². The molecule has 0 spiro atoms. The molecule has 1 aromatic rings. The van der Waals surface area contributed by atoms with Crippen LogP contribution in [0.3, 0.4) is 0 Å². The van der Waals surface area contributed by atoms with Crippen LogP contribution in [0, 0.1) is 23.2 Å². The molecule has 0 aromatic heterocycles. The molecule has 0 aliphatic carbocycles. The third-order valence-corrected chi connectivity index (χ3v) is 4.38. The van der Waals surface area contributed by atoms with Crippen LogP contribution in [0.2, 0.25) is 10.0 Å². The van der Waals surface area contributed by atoms with Gasteiger partial charge in [0.25, 0.3) is 0 Å². The van der Waals surface area contributed by atoms with Crippen molar-refractivity contribution in [1.29, 1.82) is 5.26 Å². The molecule has 1 fully saturated rings. The first-order chi connectivity index (χ1) is 9.01. The number of nitriles is 1. The zero-order chi connectivity index (χ0) is 14.0. The summed E-state index contributed by atoms with van der Waals surface area (Å²) in [7, 11) is 0. The maximum absolute atomic E-state index is 9.50. The van der Waals surface area contributed by atoms with Crippen molar-refractivity contribution >= 4 is 23.2 Å². The molecule has 3 atom stereocenters. The fourth-order valence-electron chi connectivity index (χ4n) is 2.97. The highest BCUT2D eigenvalue weighted by molar-refractivity contribution is 6.42. The molecule has 2 rings (SSSR count). The fraction of sp³-hybridized carbons (Fsp3) is 0.533. The van der Waals surface area contributed by atoms with Crippen molar-refractivity contribution < 1.29 is 0 Å². The second kappa shape index (κ2) is 6.13. The third-order valence-electron chi connectivity index (χ3n) is 3.64. The lowest BCUT2D eigenvalue weighted by atomic mass is 9.90. The number of hydrogen-bond acceptors (Lipinski definition) is 2. The van der Waals surface area contributed by atoms with Crippen molar-refractivity contribution in [2.75, 3.05) is 13.1 Å². The molecular formula is C15H18Cl2N2. The number of hydrogen-bond donors (Lipinski definition) is 0. The van der Waals surface area contributed by atoms with E-state index in [0.29, 0.717) is 21.9 Å². The van der Waals surface area contributed by atoms with Gasteiger partial charge < -0.3 is 0 Å². The lowest BCUT2D eigenvalue weighted by Gasteiger charge is -2.37. The van der Waals surface area contributed by atoms with Gasteiger partial charge in [-0.1, -0.05) is 43.1 Å². The van der Waals surface area contributed by atoms with Gasteiger partial charge in [0.1, 0.15) is 6.04 Å². The topological polar surface area (TPSA) is 27.0 Å². The Morgan fingerprint density at radius 2 is 1.84 bits per heavy atom. The maximum Gasteiger partial charge on any atom is 0.123 e. The molecule has 1 aliphatic heterocycles. The number of rotatable bonds is 2. The standard InChI is InChI=1S/C15H18Cl2N2/c1-10-5-11(2)9-19(8-10)15(7-18)12-3-4-13(16)14(17)6-12/h3-4,6,10-11,15H,5,8-9H2,1-2H3. The Hall–Kier alpha value is -0.750. The SMILES string of the molecule is CC1CC(C)CN(C(C#N)c2ccc(Cl)c(Cl)c2)C1. The zero-order valence-corrected chi connectivity index (χ0v) is 12.7. The van der Waals surface area contributed by atoms with Gasteiger partial charge in [-0.05, 0) is 36.0 Å². The Morgan fingerprint density at radius 1 is 1.21 bits per heavy atom. The van der Waals surface area contributed by atoms with E-state index in [1.54, 1.807) is 6.07 Å². The summed E-state index contributed by atoms with van der Waals surface area (Å²) in [6.07, 6.45) is 1.23. The van der Waals surface area contributed by atoms with Gasteiger partial charge in [-0.2, -0.15) is 5.26 Å². The smallest absolute Gasteiger partial charge is 0.123 e. The molecule has 3 unspecified atom stereocenters. The van der Waals surface area contributed by atoms with Crippen molar-refractivity contribution in [3.63, 3.8) is 0 Å². The van der Waals surface area contributed by atoms with Gasteiger partial charge in [0.2, 0.25) is 0 Å². The van der Waals surface area contributed by atoms with Crippen LogP contribution in [0.4, 0.5) is 0 Å². The van der Waals surface area contributed by atoms with Crippen LogP contribution in [0.5, 0.6) is 0 Å². The van der Waals surface area contributed by atoms with E-state index in [9.17, 15) is 5.26 Å². The molecule has 0 bridgehead atoms. The predicted octanol–water partition coefficient (Wildman–Crippen LogP) is 4.54. The fourth-order valence-corrected chi connectivity index (χ4v) is 3.28. The number of piperidine rings is 1. The first-order valence-electron chi connectivity index (χ1n) is 6.60. The van der Waals surface area contributed by atoms with Crippen LogP contribution in [-0.2, 0) is 0 Å². The molecule has 1 saturated heterocycles. The molecule has 19 heavy (non-hydrogen) atoms. The Labute approximate surface area is 124 Å². The third kappa shape index (κ3) is 3.42. The van der Waals surface area contributed by atoms with E-state index in [-0.39, 0.29) is 6.04 Å². The first kappa shape index (κ1) is 14.7. The van der Waals surface area contributed by atoms with Crippen LogP contribution >= 0.6 is 23.2 Å². The van der Waals surface area contributed by atoms with E-state index in [4.69, 9.17) is 23.2 Å². The van der Waals surface area contributed by atoms with Gasteiger partial charge in [0.15, 0.2) is 0 Å². The van der Waals surface area contributed by atoms with Gasteiger partial charge in [0.05, 0.1) is 16.1 Å². The van der Waals surface area contributed by atoms with Crippen molar-refractivity contribution in [3.05, 3.63) is 33.8 Å². The Bertz CT molecular complexity index is 485. The highest BCUT2D eigenvalue weighted by Crippen LogP contribution is 2.32. The minimum Gasteiger partial charge on any atom is -0.284 e. The lowest BCUT2D eigenvalue weighted by molar-refractivity contribution is 0.117. The first-order valence-corrected chi connectivity index (χ1v) is 7.35. The van der Waals surface area contributed by atoms with E-state index in [2.05, 4.69) is 24.8 Å². The van der Waals surface area contributed by atoms with Gasteiger partial charge in [-0.15, -0.1) is 0 Å². The maximum atomic E-state index is 9.50. The van der Waals surface area contributed by atoms with E-state index in [1.807, 2.05) is 12.1 Å². The number of nitrogens with zero attached hydrogens (tertiary/aromatic N) is 2. The van der Waals surface area contributed by atoms with E-state index in [0.717, 1.165) is 18.7 Å². The highest BCUT2D eigenvalue weighted by Gasteiger charge is 2.28. The average Bonchev–Trinajstić information content (AvgIpc) is 2.33. The van der Waals surface area contributed by atoms with Crippen LogP contribution in [0.1, 0.15) is 31.9 Å². The molecule has 1 heterocycles. The molecule has 1 aromatic carbocycles. The minimum absolute atomic E-state index is 0.236. The van der Waals surface area contributed by atoms with Crippen molar-refractivity contribution in [1.82, 2.24) is 4.90 Å². The predicted molar refractivity (Wildman–Crippen MR) is 79.3 cm³/mol. The molecule has 0 radical (unpaired) electrons. The van der Waals surface area contributed by atoms with Gasteiger partial charge in [-0.3, -0.25) is 4.90 Å². The second-order valence-corrected chi connectivity index (χ2v) is 6.42. The minimum atomic E-state index is -0.236. The summed E-state index contributed by atoms with van der Waals surface area (Å²) >= 11 is 12.0. The summed E-state index contributed by atoms with van der Waals surface area (Å²) in [5, 5.41) is 10.5. The van der Waals surface area contributed by atoms with Crippen molar-refractivity contribution in [2.45, 2.75) is 26.3 Å². The zero-order valence-electron chi connectivity index (χ0n) is 11.2. The van der Waals surface area contributed by atoms with Crippen LogP contribution in [0.25, 0.3) is 0 Å². The largest absolute Gasteiger partial charge is 0.284 e. The Balaban J connectivity index is 2.24. The van der Waals surface area contributed by atoms with E-state index < -0.39 is 0 Å². The molecule has 2 nitrogen and oxygen atoms in total. The Kier molecular flexibility index (Phi) is 4.73. The second-order valence-electron chi connectivity index (χ2n) is 5.61. The highest BCUT2D eigenvalue weighted by atomic mass is 35.5. The molecule has 102 valence electrons. The van der Waals surface area contributed by atoms with Crippen molar-refractivity contribution in [2.24, 2.45) is 11.8 Å².